The highest BCUT2D eigenvalue weighted by molar-refractivity contribution is 6.33. The Hall–Kier alpha value is -1.98. The van der Waals surface area contributed by atoms with E-state index in [1.807, 2.05) is 0 Å². The SMILES string of the molecule is COC(CNC(=O)c1ccc(F)cc1Cl)c1cccc(F)c1. The van der Waals surface area contributed by atoms with Crippen molar-refractivity contribution < 1.29 is 18.3 Å². The quantitative estimate of drug-likeness (QED) is 0.909. The van der Waals surface area contributed by atoms with Gasteiger partial charge in [0.2, 0.25) is 0 Å². The molecule has 0 heterocycles. The van der Waals surface area contributed by atoms with Crippen LogP contribution in [-0.4, -0.2) is 19.6 Å². The third kappa shape index (κ3) is 4.02. The Morgan fingerprint density at radius 3 is 2.59 bits per heavy atom. The van der Waals surface area contributed by atoms with E-state index in [0.717, 1.165) is 12.1 Å². The molecule has 2 aromatic rings. The lowest BCUT2D eigenvalue weighted by Crippen LogP contribution is -2.29. The Morgan fingerprint density at radius 1 is 1.23 bits per heavy atom. The van der Waals surface area contributed by atoms with E-state index in [-0.39, 0.29) is 22.9 Å². The monoisotopic (exact) mass is 325 g/mol. The van der Waals surface area contributed by atoms with Crippen LogP contribution in [-0.2, 0) is 4.74 Å². The Labute approximate surface area is 131 Å². The van der Waals surface area contributed by atoms with Crippen molar-refractivity contribution >= 4 is 17.5 Å². The van der Waals surface area contributed by atoms with Crippen molar-refractivity contribution in [1.82, 2.24) is 5.32 Å². The first-order valence-corrected chi connectivity index (χ1v) is 6.90. The van der Waals surface area contributed by atoms with E-state index in [1.165, 1.54) is 25.3 Å². The minimum absolute atomic E-state index is 0.0252. The van der Waals surface area contributed by atoms with Gasteiger partial charge in [0, 0.05) is 13.7 Å². The topological polar surface area (TPSA) is 38.3 Å². The zero-order valence-corrected chi connectivity index (χ0v) is 12.5. The van der Waals surface area contributed by atoms with Crippen LogP contribution in [0.15, 0.2) is 42.5 Å². The minimum Gasteiger partial charge on any atom is -0.375 e. The predicted octanol–water partition coefficient (Wildman–Crippen LogP) is 3.74. The molecule has 1 unspecified atom stereocenters. The molecule has 1 amide bonds. The lowest BCUT2D eigenvalue weighted by molar-refractivity contribution is 0.0827. The van der Waals surface area contributed by atoms with Crippen LogP contribution in [0, 0.1) is 11.6 Å². The van der Waals surface area contributed by atoms with Gasteiger partial charge in [0.15, 0.2) is 0 Å². The lowest BCUT2D eigenvalue weighted by Gasteiger charge is -2.17. The summed E-state index contributed by atoms with van der Waals surface area (Å²) in [5.41, 5.74) is 0.769. The van der Waals surface area contributed by atoms with Crippen LogP contribution in [0.4, 0.5) is 8.78 Å². The van der Waals surface area contributed by atoms with Gasteiger partial charge in [-0.25, -0.2) is 8.78 Å². The molecule has 3 nitrogen and oxygen atoms in total. The van der Waals surface area contributed by atoms with Gasteiger partial charge in [0.1, 0.15) is 11.6 Å². The van der Waals surface area contributed by atoms with Crippen molar-refractivity contribution in [3.05, 3.63) is 70.2 Å². The first-order chi connectivity index (χ1) is 10.5. The first-order valence-electron chi connectivity index (χ1n) is 6.52. The average Bonchev–Trinajstić information content (AvgIpc) is 2.47. The van der Waals surface area contributed by atoms with Gasteiger partial charge in [-0.15, -0.1) is 0 Å². The Bertz CT molecular complexity index is 679. The Morgan fingerprint density at radius 2 is 1.95 bits per heavy atom. The molecule has 6 heteroatoms. The molecule has 0 aliphatic carbocycles. The lowest BCUT2D eigenvalue weighted by atomic mass is 10.1. The summed E-state index contributed by atoms with van der Waals surface area (Å²) in [5, 5.41) is 2.66. The summed E-state index contributed by atoms with van der Waals surface area (Å²) in [6.45, 7) is 0.131. The number of halogens is 3. The molecular weight excluding hydrogens is 312 g/mol. The summed E-state index contributed by atoms with van der Waals surface area (Å²) in [6.07, 6.45) is -0.501. The van der Waals surface area contributed by atoms with Crippen molar-refractivity contribution in [3.8, 4) is 0 Å². The summed E-state index contributed by atoms with van der Waals surface area (Å²) in [6, 6.07) is 9.46. The maximum absolute atomic E-state index is 13.2. The maximum atomic E-state index is 13.2. The third-order valence-corrected chi connectivity index (χ3v) is 3.44. The zero-order chi connectivity index (χ0) is 16.1. The van der Waals surface area contributed by atoms with Crippen LogP contribution in [0.2, 0.25) is 5.02 Å². The van der Waals surface area contributed by atoms with Gasteiger partial charge in [-0.3, -0.25) is 4.79 Å². The number of methoxy groups -OCH3 is 1. The second kappa shape index (κ2) is 7.33. The van der Waals surface area contributed by atoms with E-state index in [0.29, 0.717) is 5.56 Å². The minimum atomic E-state index is -0.518. The summed E-state index contributed by atoms with van der Waals surface area (Å²) in [5.74, 6) is -1.35. The summed E-state index contributed by atoms with van der Waals surface area (Å²) >= 11 is 5.83. The molecule has 1 atom stereocenters. The predicted molar refractivity (Wildman–Crippen MR) is 79.9 cm³/mol. The number of ether oxygens (including phenoxy) is 1. The molecule has 0 aromatic heterocycles. The Balaban J connectivity index is 2.05. The smallest absolute Gasteiger partial charge is 0.252 e. The molecule has 2 rings (SSSR count). The fraction of sp³-hybridized carbons (Fsp3) is 0.188. The number of rotatable bonds is 5. The van der Waals surface area contributed by atoms with E-state index in [2.05, 4.69) is 5.32 Å². The van der Waals surface area contributed by atoms with Gasteiger partial charge in [0.25, 0.3) is 5.91 Å². The molecule has 0 fully saturated rings. The standard InChI is InChI=1S/C16H14ClF2NO2/c1-22-15(10-3-2-4-11(18)7-10)9-20-16(21)13-6-5-12(19)8-14(13)17/h2-8,15H,9H2,1H3,(H,20,21). The van der Waals surface area contributed by atoms with Gasteiger partial charge in [-0.05, 0) is 35.9 Å². The number of nitrogens with one attached hydrogen (secondary N) is 1. The van der Waals surface area contributed by atoms with E-state index in [9.17, 15) is 13.6 Å². The van der Waals surface area contributed by atoms with Gasteiger partial charge in [-0.1, -0.05) is 23.7 Å². The number of carbonyl (C=O) groups is 1. The van der Waals surface area contributed by atoms with Crippen LogP contribution in [0.1, 0.15) is 22.0 Å². The van der Waals surface area contributed by atoms with E-state index in [4.69, 9.17) is 16.3 Å². The molecular formula is C16H14ClF2NO2. The molecule has 0 saturated carbocycles. The molecule has 0 radical (unpaired) electrons. The van der Waals surface area contributed by atoms with E-state index >= 15 is 0 Å². The van der Waals surface area contributed by atoms with Crippen molar-refractivity contribution in [1.29, 1.82) is 0 Å². The van der Waals surface area contributed by atoms with Crippen molar-refractivity contribution in [2.24, 2.45) is 0 Å². The van der Waals surface area contributed by atoms with Gasteiger partial charge >= 0.3 is 0 Å². The van der Waals surface area contributed by atoms with E-state index in [1.54, 1.807) is 12.1 Å². The average molecular weight is 326 g/mol. The summed E-state index contributed by atoms with van der Waals surface area (Å²) in [7, 11) is 1.46. The number of benzene rings is 2. The second-order valence-corrected chi connectivity index (χ2v) is 5.02. The molecule has 0 aliphatic rings. The normalized spacial score (nSPS) is 12.0. The van der Waals surface area contributed by atoms with Crippen LogP contribution in [0.3, 0.4) is 0 Å². The molecule has 0 bridgehead atoms. The highest BCUT2D eigenvalue weighted by Crippen LogP contribution is 2.19. The van der Waals surface area contributed by atoms with E-state index < -0.39 is 17.8 Å². The fourth-order valence-corrected chi connectivity index (χ4v) is 2.25. The van der Waals surface area contributed by atoms with Crippen molar-refractivity contribution in [2.45, 2.75) is 6.10 Å². The zero-order valence-electron chi connectivity index (χ0n) is 11.8. The van der Waals surface area contributed by atoms with Gasteiger partial charge in [-0.2, -0.15) is 0 Å². The second-order valence-electron chi connectivity index (χ2n) is 4.61. The molecule has 1 N–H and O–H groups in total. The number of hydrogen-bond acceptors (Lipinski definition) is 2. The van der Waals surface area contributed by atoms with Crippen molar-refractivity contribution in [2.75, 3.05) is 13.7 Å². The molecule has 116 valence electrons. The molecule has 0 saturated heterocycles. The number of hydrogen-bond donors (Lipinski definition) is 1. The van der Waals surface area contributed by atoms with Gasteiger partial charge in [0.05, 0.1) is 16.7 Å². The highest BCUT2D eigenvalue weighted by atomic mass is 35.5. The Kier molecular flexibility index (Phi) is 5.46. The molecule has 2 aromatic carbocycles. The molecule has 0 spiro atoms. The fourth-order valence-electron chi connectivity index (χ4n) is 2.00. The molecule has 22 heavy (non-hydrogen) atoms. The highest BCUT2D eigenvalue weighted by Gasteiger charge is 2.15. The van der Waals surface area contributed by atoms with Gasteiger partial charge < -0.3 is 10.1 Å². The van der Waals surface area contributed by atoms with Crippen LogP contribution >= 0.6 is 11.6 Å². The van der Waals surface area contributed by atoms with Crippen LogP contribution in [0.5, 0.6) is 0 Å². The first kappa shape index (κ1) is 16.4. The van der Waals surface area contributed by atoms with Crippen molar-refractivity contribution in [3.63, 3.8) is 0 Å². The molecule has 0 aliphatic heterocycles. The largest absolute Gasteiger partial charge is 0.375 e. The van der Waals surface area contributed by atoms with Crippen LogP contribution < -0.4 is 5.32 Å². The van der Waals surface area contributed by atoms with Crippen LogP contribution in [0.25, 0.3) is 0 Å². The maximum Gasteiger partial charge on any atom is 0.252 e. The summed E-state index contributed by atoms with van der Waals surface area (Å²) < 4.78 is 31.4. The summed E-state index contributed by atoms with van der Waals surface area (Å²) in [4.78, 5) is 12.0. The number of amides is 1. The number of carbonyl (C=O) groups excluding carboxylic acids is 1. The third-order valence-electron chi connectivity index (χ3n) is 3.13.